The molecule has 0 aromatic heterocycles. The standard InChI is InChI=1S/C21H31N3O2/c1-2-17-9-4-5-10-18(17)22-20(25)12-16-23-15-8-11-19(23)21(26)24-13-6-3-7-14-24/h4-5,9-10,19H,2-3,6-8,11-16H2,1H3,(H,22,25)/t19-/m0/s1. The van der Waals surface area contributed by atoms with E-state index in [0.29, 0.717) is 13.0 Å². The highest BCUT2D eigenvalue weighted by Gasteiger charge is 2.33. The zero-order chi connectivity index (χ0) is 18.4. The summed E-state index contributed by atoms with van der Waals surface area (Å²) in [6.07, 6.45) is 6.78. The van der Waals surface area contributed by atoms with E-state index in [1.54, 1.807) is 0 Å². The van der Waals surface area contributed by atoms with Crippen LogP contribution in [-0.2, 0) is 16.0 Å². The molecule has 1 atom stereocenters. The van der Waals surface area contributed by atoms with Crippen molar-refractivity contribution in [2.45, 2.75) is 57.9 Å². The van der Waals surface area contributed by atoms with Crippen LogP contribution in [0.25, 0.3) is 0 Å². The van der Waals surface area contributed by atoms with Crippen molar-refractivity contribution >= 4 is 17.5 Å². The summed E-state index contributed by atoms with van der Waals surface area (Å²) in [5.74, 6) is 0.306. The lowest BCUT2D eigenvalue weighted by molar-refractivity contribution is -0.137. The number of hydrogen-bond acceptors (Lipinski definition) is 3. The number of amides is 2. The van der Waals surface area contributed by atoms with Crippen LogP contribution in [0.1, 0.15) is 51.0 Å². The van der Waals surface area contributed by atoms with E-state index in [1.165, 1.54) is 6.42 Å². The van der Waals surface area contributed by atoms with Gasteiger partial charge in [-0.3, -0.25) is 14.5 Å². The van der Waals surface area contributed by atoms with Crippen LogP contribution >= 0.6 is 0 Å². The second-order valence-corrected chi connectivity index (χ2v) is 7.39. The van der Waals surface area contributed by atoms with E-state index in [-0.39, 0.29) is 17.9 Å². The average molecular weight is 357 g/mol. The lowest BCUT2D eigenvalue weighted by Crippen LogP contribution is -2.47. The minimum atomic E-state index is -0.0242. The summed E-state index contributed by atoms with van der Waals surface area (Å²) in [7, 11) is 0. The maximum Gasteiger partial charge on any atom is 0.239 e. The van der Waals surface area contributed by atoms with E-state index in [1.807, 2.05) is 29.2 Å². The number of nitrogens with zero attached hydrogens (tertiary/aromatic N) is 2. The lowest BCUT2D eigenvalue weighted by atomic mass is 10.1. The monoisotopic (exact) mass is 357 g/mol. The Bertz CT molecular complexity index is 625. The van der Waals surface area contributed by atoms with Gasteiger partial charge in [0.25, 0.3) is 0 Å². The van der Waals surface area contributed by atoms with Crippen LogP contribution in [0.5, 0.6) is 0 Å². The van der Waals surface area contributed by atoms with Gasteiger partial charge < -0.3 is 10.2 Å². The first-order valence-corrected chi connectivity index (χ1v) is 10.1. The number of hydrogen-bond donors (Lipinski definition) is 1. The van der Waals surface area contributed by atoms with Gasteiger partial charge in [0, 0.05) is 31.7 Å². The molecule has 0 spiro atoms. The molecule has 2 aliphatic heterocycles. The lowest BCUT2D eigenvalue weighted by Gasteiger charge is -2.32. The fraction of sp³-hybridized carbons (Fsp3) is 0.619. The minimum Gasteiger partial charge on any atom is -0.341 e. The van der Waals surface area contributed by atoms with Gasteiger partial charge in [-0.1, -0.05) is 25.1 Å². The molecule has 3 rings (SSSR count). The third kappa shape index (κ3) is 4.64. The van der Waals surface area contributed by atoms with Crippen LogP contribution in [0.4, 0.5) is 5.69 Å². The smallest absolute Gasteiger partial charge is 0.239 e. The van der Waals surface area contributed by atoms with Crippen molar-refractivity contribution in [2.24, 2.45) is 0 Å². The molecule has 2 fully saturated rings. The van der Waals surface area contributed by atoms with Gasteiger partial charge in [-0.2, -0.15) is 0 Å². The molecule has 2 amide bonds. The Morgan fingerprint density at radius 3 is 2.62 bits per heavy atom. The fourth-order valence-electron chi connectivity index (χ4n) is 4.11. The molecule has 0 radical (unpaired) electrons. The number of carbonyl (C=O) groups is 2. The molecule has 0 unspecified atom stereocenters. The van der Waals surface area contributed by atoms with Gasteiger partial charge in [-0.15, -0.1) is 0 Å². The van der Waals surface area contributed by atoms with Gasteiger partial charge in [0.15, 0.2) is 0 Å². The molecular weight excluding hydrogens is 326 g/mol. The second kappa shape index (κ2) is 9.17. The Balaban J connectivity index is 1.51. The number of likely N-dealkylation sites (tertiary alicyclic amines) is 2. The molecule has 0 saturated carbocycles. The van der Waals surface area contributed by atoms with Gasteiger partial charge in [0.05, 0.1) is 6.04 Å². The zero-order valence-corrected chi connectivity index (χ0v) is 15.9. The van der Waals surface area contributed by atoms with Crippen molar-refractivity contribution in [3.8, 4) is 0 Å². The topological polar surface area (TPSA) is 52.7 Å². The number of para-hydroxylation sites is 1. The van der Waals surface area contributed by atoms with E-state index in [4.69, 9.17) is 0 Å². The summed E-state index contributed by atoms with van der Waals surface area (Å²) in [6.45, 7) is 5.47. The van der Waals surface area contributed by atoms with Gasteiger partial charge in [0.2, 0.25) is 11.8 Å². The van der Waals surface area contributed by atoms with Crippen LogP contribution < -0.4 is 5.32 Å². The zero-order valence-electron chi connectivity index (χ0n) is 15.9. The molecule has 1 aromatic rings. The number of aryl methyl sites for hydroxylation is 1. The molecule has 5 nitrogen and oxygen atoms in total. The number of benzene rings is 1. The highest BCUT2D eigenvalue weighted by atomic mass is 16.2. The normalized spacial score (nSPS) is 21.0. The van der Waals surface area contributed by atoms with Crippen LogP contribution in [0.2, 0.25) is 0 Å². The molecule has 1 aromatic carbocycles. The predicted octanol–water partition coefficient (Wildman–Crippen LogP) is 3.05. The molecule has 2 saturated heterocycles. The molecule has 0 bridgehead atoms. The largest absolute Gasteiger partial charge is 0.341 e. The Labute approximate surface area is 156 Å². The first kappa shape index (κ1) is 18.9. The third-order valence-electron chi connectivity index (χ3n) is 5.61. The molecule has 2 aliphatic rings. The Hall–Kier alpha value is -1.88. The fourth-order valence-corrected chi connectivity index (χ4v) is 4.11. The van der Waals surface area contributed by atoms with Crippen LogP contribution in [0.3, 0.4) is 0 Å². The molecule has 5 heteroatoms. The average Bonchev–Trinajstić information content (AvgIpc) is 3.15. The first-order chi connectivity index (χ1) is 12.7. The van der Waals surface area contributed by atoms with Gasteiger partial charge in [-0.25, -0.2) is 0 Å². The maximum absolute atomic E-state index is 12.8. The molecule has 0 aliphatic carbocycles. The van der Waals surface area contributed by atoms with Crippen LogP contribution in [-0.4, -0.2) is 53.8 Å². The minimum absolute atomic E-state index is 0.0242. The Morgan fingerprint density at radius 1 is 1.08 bits per heavy atom. The van der Waals surface area contributed by atoms with Crippen molar-refractivity contribution in [2.75, 3.05) is 31.5 Å². The summed E-state index contributed by atoms with van der Waals surface area (Å²) in [4.78, 5) is 29.4. The second-order valence-electron chi connectivity index (χ2n) is 7.39. The Kier molecular flexibility index (Phi) is 6.67. The van der Waals surface area contributed by atoms with Gasteiger partial charge in [-0.05, 0) is 56.7 Å². The predicted molar refractivity (Wildman–Crippen MR) is 104 cm³/mol. The Morgan fingerprint density at radius 2 is 1.85 bits per heavy atom. The van der Waals surface area contributed by atoms with Crippen LogP contribution in [0, 0.1) is 0 Å². The number of anilines is 1. The summed E-state index contributed by atoms with van der Waals surface area (Å²) in [5, 5.41) is 3.03. The highest BCUT2D eigenvalue weighted by Crippen LogP contribution is 2.22. The van der Waals surface area contributed by atoms with E-state index in [9.17, 15) is 9.59 Å². The van der Waals surface area contributed by atoms with Crippen molar-refractivity contribution in [3.63, 3.8) is 0 Å². The molecular formula is C21H31N3O2. The molecule has 142 valence electrons. The van der Waals surface area contributed by atoms with E-state index in [0.717, 1.165) is 63.0 Å². The first-order valence-electron chi connectivity index (χ1n) is 10.1. The summed E-state index contributed by atoms with van der Waals surface area (Å²) >= 11 is 0. The molecule has 2 heterocycles. The number of piperidine rings is 1. The third-order valence-corrected chi connectivity index (χ3v) is 5.61. The van der Waals surface area contributed by atoms with Crippen molar-refractivity contribution in [3.05, 3.63) is 29.8 Å². The van der Waals surface area contributed by atoms with E-state index in [2.05, 4.69) is 17.1 Å². The van der Waals surface area contributed by atoms with E-state index >= 15 is 0 Å². The summed E-state index contributed by atoms with van der Waals surface area (Å²) in [5.41, 5.74) is 2.06. The number of carbonyl (C=O) groups excluding carboxylic acids is 2. The van der Waals surface area contributed by atoms with E-state index < -0.39 is 0 Å². The van der Waals surface area contributed by atoms with Gasteiger partial charge >= 0.3 is 0 Å². The van der Waals surface area contributed by atoms with Gasteiger partial charge in [0.1, 0.15) is 0 Å². The highest BCUT2D eigenvalue weighted by molar-refractivity contribution is 5.91. The summed E-state index contributed by atoms with van der Waals surface area (Å²) < 4.78 is 0. The SMILES string of the molecule is CCc1ccccc1NC(=O)CCN1CCC[C@H]1C(=O)N1CCCCC1. The molecule has 1 N–H and O–H groups in total. The summed E-state index contributed by atoms with van der Waals surface area (Å²) in [6, 6.07) is 7.92. The van der Waals surface area contributed by atoms with Crippen molar-refractivity contribution in [1.29, 1.82) is 0 Å². The number of nitrogens with one attached hydrogen (secondary N) is 1. The maximum atomic E-state index is 12.8. The van der Waals surface area contributed by atoms with Crippen molar-refractivity contribution in [1.82, 2.24) is 9.80 Å². The quantitative estimate of drug-likeness (QED) is 0.851. The van der Waals surface area contributed by atoms with Crippen LogP contribution in [0.15, 0.2) is 24.3 Å². The van der Waals surface area contributed by atoms with Crippen molar-refractivity contribution < 1.29 is 9.59 Å². The number of rotatable bonds is 6. The molecule has 26 heavy (non-hydrogen) atoms.